The van der Waals surface area contributed by atoms with E-state index < -0.39 is 0 Å². The summed E-state index contributed by atoms with van der Waals surface area (Å²) in [7, 11) is 3.95. The number of fused-ring (bicyclic) bond motifs is 1. The van der Waals surface area contributed by atoms with Crippen molar-refractivity contribution in [3.63, 3.8) is 0 Å². The molecule has 11 nitrogen and oxygen atoms in total. The Kier molecular flexibility index (Phi) is 7.54. The number of benzene rings is 1. The van der Waals surface area contributed by atoms with Crippen LogP contribution >= 0.6 is 0 Å². The SMILES string of the molecule is CC(C)COc1ccc(-c2nc(N3CCOCC3)c3c(n2)N(C)C(CN(C)c2ncc(C=O)cn2)N3)cc1. The van der Waals surface area contributed by atoms with Crippen molar-refractivity contribution < 1.29 is 14.3 Å². The molecule has 0 amide bonds. The van der Waals surface area contributed by atoms with Gasteiger partial charge in [0, 0.05) is 45.1 Å². The average Bonchev–Trinajstić information content (AvgIpc) is 3.26. The van der Waals surface area contributed by atoms with Gasteiger partial charge in [-0.1, -0.05) is 13.8 Å². The van der Waals surface area contributed by atoms with E-state index in [2.05, 4.69) is 38.9 Å². The molecule has 0 spiro atoms. The highest BCUT2D eigenvalue weighted by Crippen LogP contribution is 2.41. The van der Waals surface area contributed by atoms with Crippen LogP contribution < -0.4 is 24.8 Å². The van der Waals surface area contributed by atoms with E-state index in [0.29, 0.717) is 49.6 Å². The van der Waals surface area contributed by atoms with Crippen LogP contribution in [0.4, 0.5) is 23.3 Å². The number of nitrogens with zero attached hydrogens (tertiary/aromatic N) is 7. The minimum absolute atomic E-state index is 0.0829. The number of rotatable bonds is 9. The van der Waals surface area contributed by atoms with Crippen molar-refractivity contribution in [3.05, 3.63) is 42.2 Å². The van der Waals surface area contributed by atoms with Gasteiger partial charge in [0.15, 0.2) is 23.7 Å². The first-order chi connectivity index (χ1) is 18.4. The maximum atomic E-state index is 11.0. The minimum atomic E-state index is -0.0829. The van der Waals surface area contributed by atoms with Crippen molar-refractivity contribution in [2.24, 2.45) is 5.92 Å². The summed E-state index contributed by atoms with van der Waals surface area (Å²) < 4.78 is 11.5. The zero-order valence-corrected chi connectivity index (χ0v) is 22.3. The van der Waals surface area contributed by atoms with Gasteiger partial charge in [0.05, 0.1) is 31.9 Å². The average molecular weight is 519 g/mol. The molecule has 0 saturated carbocycles. The van der Waals surface area contributed by atoms with Gasteiger partial charge in [0.2, 0.25) is 5.95 Å². The zero-order valence-electron chi connectivity index (χ0n) is 22.3. The fraction of sp³-hybridized carbons (Fsp3) is 0.444. The standard InChI is InChI=1S/C27H34N8O3/c1-18(2)17-38-21-7-5-20(6-8-21)24-31-25-23(26(32-24)35-9-11-37-12-10-35)30-22(34(25)4)15-33(3)27-28-13-19(16-36)14-29-27/h5-8,13-14,16,18,22,30H,9-12,15,17H2,1-4H3. The first kappa shape index (κ1) is 25.7. The van der Waals surface area contributed by atoms with Crippen molar-refractivity contribution in [1.82, 2.24) is 19.9 Å². The van der Waals surface area contributed by atoms with Crippen LogP contribution in [0, 0.1) is 5.92 Å². The number of likely N-dealkylation sites (N-methyl/N-ethyl adjacent to an activating group) is 2. The van der Waals surface area contributed by atoms with Gasteiger partial charge in [-0.3, -0.25) is 4.79 Å². The maximum absolute atomic E-state index is 11.0. The number of ether oxygens (including phenoxy) is 2. The number of anilines is 4. The summed E-state index contributed by atoms with van der Waals surface area (Å²) in [6.45, 7) is 8.37. The fourth-order valence-electron chi connectivity index (χ4n) is 4.43. The van der Waals surface area contributed by atoms with Crippen LogP contribution in [-0.2, 0) is 4.74 Å². The van der Waals surface area contributed by atoms with Gasteiger partial charge in [0.25, 0.3) is 0 Å². The molecule has 0 aliphatic carbocycles. The van der Waals surface area contributed by atoms with E-state index in [0.717, 1.165) is 48.0 Å². The van der Waals surface area contributed by atoms with Crippen LogP contribution in [0.1, 0.15) is 24.2 Å². The fourth-order valence-corrected chi connectivity index (χ4v) is 4.43. The van der Waals surface area contributed by atoms with Gasteiger partial charge in [-0.2, -0.15) is 0 Å². The molecule has 1 saturated heterocycles. The predicted octanol–water partition coefficient (Wildman–Crippen LogP) is 2.94. The number of carbonyl (C=O) groups excluding carboxylic acids is 1. The molecular formula is C27H34N8O3. The maximum Gasteiger partial charge on any atom is 0.225 e. The second-order valence-electron chi connectivity index (χ2n) is 9.98. The first-order valence-corrected chi connectivity index (χ1v) is 12.9. The number of nitrogens with one attached hydrogen (secondary N) is 1. The molecule has 1 atom stereocenters. The third-order valence-electron chi connectivity index (χ3n) is 6.57. The third-order valence-corrected chi connectivity index (χ3v) is 6.57. The lowest BCUT2D eigenvalue weighted by atomic mass is 10.2. The van der Waals surface area contributed by atoms with Gasteiger partial charge >= 0.3 is 0 Å². The summed E-state index contributed by atoms with van der Waals surface area (Å²) in [6.07, 6.45) is 3.71. The minimum Gasteiger partial charge on any atom is -0.493 e. The molecule has 5 rings (SSSR count). The van der Waals surface area contributed by atoms with E-state index in [1.54, 1.807) is 0 Å². The van der Waals surface area contributed by atoms with E-state index in [-0.39, 0.29) is 6.17 Å². The van der Waals surface area contributed by atoms with Gasteiger partial charge in [-0.05, 0) is 30.2 Å². The highest BCUT2D eigenvalue weighted by atomic mass is 16.5. The lowest BCUT2D eigenvalue weighted by molar-refractivity contribution is 0.112. The van der Waals surface area contributed by atoms with Crippen molar-refractivity contribution in [3.8, 4) is 17.1 Å². The van der Waals surface area contributed by atoms with E-state index >= 15 is 0 Å². The molecule has 2 aliphatic rings. The predicted molar refractivity (Wildman–Crippen MR) is 147 cm³/mol. The molecule has 11 heteroatoms. The first-order valence-electron chi connectivity index (χ1n) is 12.9. The van der Waals surface area contributed by atoms with Crippen LogP contribution in [0.2, 0.25) is 0 Å². The molecule has 3 aromatic rings. The van der Waals surface area contributed by atoms with Crippen molar-refractivity contribution >= 4 is 29.6 Å². The summed E-state index contributed by atoms with van der Waals surface area (Å²) in [5.74, 6) is 4.22. The topological polar surface area (TPSA) is 109 Å². The second-order valence-corrected chi connectivity index (χ2v) is 9.98. The number of morpholine rings is 1. The van der Waals surface area contributed by atoms with Crippen molar-refractivity contribution in [2.45, 2.75) is 20.0 Å². The summed E-state index contributed by atoms with van der Waals surface area (Å²) >= 11 is 0. The third kappa shape index (κ3) is 5.47. The molecule has 38 heavy (non-hydrogen) atoms. The molecule has 0 radical (unpaired) electrons. The Hall–Kier alpha value is -3.99. The van der Waals surface area contributed by atoms with Gasteiger partial charge in [-0.15, -0.1) is 0 Å². The lowest BCUT2D eigenvalue weighted by Crippen LogP contribution is -2.43. The second kappa shape index (κ2) is 11.2. The number of hydrogen-bond acceptors (Lipinski definition) is 11. The molecule has 2 aromatic heterocycles. The Balaban J connectivity index is 1.42. The van der Waals surface area contributed by atoms with Crippen molar-refractivity contribution in [2.75, 3.05) is 73.6 Å². The molecule has 1 unspecified atom stereocenters. The Labute approximate surface area is 222 Å². The lowest BCUT2D eigenvalue weighted by Gasteiger charge is -2.29. The number of hydrogen-bond donors (Lipinski definition) is 1. The molecule has 1 N–H and O–H groups in total. The smallest absolute Gasteiger partial charge is 0.225 e. The van der Waals surface area contributed by atoms with Gasteiger partial charge < -0.3 is 29.5 Å². The molecule has 2 aliphatic heterocycles. The zero-order chi connectivity index (χ0) is 26.6. The Morgan fingerprint density at radius 2 is 1.82 bits per heavy atom. The van der Waals surface area contributed by atoms with Crippen LogP contribution in [0.25, 0.3) is 11.4 Å². The largest absolute Gasteiger partial charge is 0.493 e. The number of aldehydes is 1. The summed E-state index contributed by atoms with van der Waals surface area (Å²) in [5, 5.41) is 3.63. The highest BCUT2D eigenvalue weighted by molar-refractivity contribution is 5.85. The number of aromatic nitrogens is 4. The van der Waals surface area contributed by atoms with E-state index in [1.165, 1.54) is 12.4 Å². The van der Waals surface area contributed by atoms with Crippen LogP contribution in [0.5, 0.6) is 5.75 Å². The Morgan fingerprint density at radius 3 is 2.47 bits per heavy atom. The normalized spacial score (nSPS) is 16.8. The molecule has 0 bridgehead atoms. The van der Waals surface area contributed by atoms with Gasteiger partial charge in [-0.25, -0.2) is 19.9 Å². The van der Waals surface area contributed by atoms with E-state index in [1.807, 2.05) is 43.3 Å². The molecular weight excluding hydrogens is 484 g/mol. The van der Waals surface area contributed by atoms with Crippen LogP contribution in [0.3, 0.4) is 0 Å². The highest BCUT2D eigenvalue weighted by Gasteiger charge is 2.34. The van der Waals surface area contributed by atoms with Crippen LogP contribution in [-0.4, -0.2) is 85.9 Å². The molecule has 4 heterocycles. The van der Waals surface area contributed by atoms with E-state index in [4.69, 9.17) is 19.4 Å². The Morgan fingerprint density at radius 1 is 1.13 bits per heavy atom. The summed E-state index contributed by atoms with van der Waals surface area (Å²) in [6, 6.07) is 7.96. The molecule has 1 aromatic carbocycles. The van der Waals surface area contributed by atoms with E-state index in [9.17, 15) is 4.79 Å². The summed E-state index contributed by atoms with van der Waals surface area (Å²) in [5.41, 5.74) is 2.28. The molecule has 200 valence electrons. The molecule has 1 fully saturated rings. The monoisotopic (exact) mass is 518 g/mol. The van der Waals surface area contributed by atoms with Gasteiger partial charge in [0.1, 0.15) is 17.6 Å². The quantitative estimate of drug-likeness (QED) is 0.422. The Bertz CT molecular complexity index is 1250. The number of carbonyl (C=O) groups is 1. The van der Waals surface area contributed by atoms with Crippen molar-refractivity contribution in [1.29, 1.82) is 0 Å². The van der Waals surface area contributed by atoms with Crippen LogP contribution in [0.15, 0.2) is 36.7 Å². The summed E-state index contributed by atoms with van der Waals surface area (Å²) in [4.78, 5) is 35.9.